The van der Waals surface area contributed by atoms with E-state index in [9.17, 15) is 8.78 Å². The third kappa shape index (κ3) is 2.35. The number of halogens is 3. The first-order valence-corrected chi connectivity index (χ1v) is 5.99. The summed E-state index contributed by atoms with van der Waals surface area (Å²) in [6.07, 6.45) is -0.599. The van der Waals surface area contributed by atoms with Gasteiger partial charge in [-0.05, 0) is 31.0 Å². The Balaban J connectivity index is 2.47. The van der Waals surface area contributed by atoms with Crippen molar-refractivity contribution in [2.24, 2.45) is 12.8 Å². The molecule has 1 heterocycles. The molecule has 0 aliphatic heterocycles. The van der Waals surface area contributed by atoms with E-state index in [0.717, 1.165) is 16.5 Å². The summed E-state index contributed by atoms with van der Waals surface area (Å²) in [6, 6.07) is 5.41. The minimum Gasteiger partial charge on any atom is -0.350 e. The van der Waals surface area contributed by atoms with Gasteiger partial charge < -0.3 is 10.3 Å². The van der Waals surface area contributed by atoms with Crippen LogP contribution in [0.2, 0.25) is 5.02 Å². The highest BCUT2D eigenvalue weighted by Gasteiger charge is 2.31. The van der Waals surface area contributed by atoms with Crippen LogP contribution in [0, 0.1) is 0 Å². The number of rotatable bonds is 3. The van der Waals surface area contributed by atoms with Gasteiger partial charge in [0.25, 0.3) is 6.43 Å². The molecule has 1 aromatic heterocycles. The highest BCUT2D eigenvalue weighted by atomic mass is 35.5. The van der Waals surface area contributed by atoms with Gasteiger partial charge in [-0.25, -0.2) is 8.78 Å². The molecule has 5 heteroatoms. The van der Waals surface area contributed by atoms with Crippen molar-refractivity contribution in [3.8, 4) is 0 Å². The van der Waals surface area contributed by atoms with E-state index in [2.05, 4.69) is 0 Å². The molecule has 2 nitrogen and oxygen atoms in total. The van der Waals surface area contributed by atoms with Crippen LogP contribution in [0.1, 0.15) is 12.5 Å². The maximum absolute atomic E-state index is 12.8. The van der Waals surface area contributed by atoms with E-state index in [-0.39, 0.29) is 6.42 Å². The molecular formula is C13H15ClF2N2. The number of fused-ring (bicyclic) bond motifs is 1. The van der Waals surface area contributed by atoms with Crippen molar-refractivity contribution in [3.63, 3.8) is 0 Å². The second-order valence-electron chi connectivity index (χ2n) is 4.91. The number of aryl methyl sites for hydroxylation is 1. The van der Waals surface area contributed by atoms with Crippen LogP contribution in [-0.4, -0.2) is 16.5 Å². The van der Waals surface area contributed by atoms with E-state index in [4.69, 9.17) is 17.3 Å². The average molecular weight is 273 g/mol. The molecule has 18 heavy (non-hydrogen) atoms. The molecule has 0 radical (unpaired) electrons. The summed E-state index contributed by atoms with van der Waals surface area (Å²) < 4.78 is 27.5. The number of hydrogen-bond donors (Lipinski definition) is 1. The molecule has 0 saturated heterocycles. The van der Waals surface area contributed by atoms with Gasteiger partial charge in [0.2, 0.25) is 0 Å². The normalized spacial score (nSPS) is 15.3. The predicted molar refractivity (Wildman–Crippen MR) is 70.2 cm³/mol. The Labute approximate surface area is 109 Å². The molecular weight excluding hydrogens is 258 g/mol. The number of benzene rings is 1. The van der Waals surface area contributed by atoms with E-state index in [0.29, 0.717) is 5.02 Å². The van der Waals surface area contributed by atoms with Crippen molar-refractivity contribution in [1.29, 1.82) is 0 Å². The molecule has 0 aliphatic rings. The van der Waals surface area contributed by atoms with Crippen molar-refractivity contribution in [2.45, 2.75) is 25.3 Å². The smallest absolute Gasteiger partial charge is 0.256 e. The molecule has 0 spiro atoms. The molecule has 2 rings (SSSR count). The van der Waals surface area contributed by atoms with Crippen molar-refractivity contribution >= 4 is 22.5 Å². The minimum atomic E-state index is -2.56. The summed E-state index contributed by atoms with van der Waals surface area (Å²) in [5.41, 5.74) is 5.85. The second kappa shape index (κ2) is 4.52. The van der Waals surface area contributed by atoms with E-state index < -0.39 is 12.0 Å². The summed E-state index contributed by atoms with van der Waals surface area (Å²) in [7, 11) is 1.86. The van der Waals surface area contributed by atoms with Gasteiger partial charge in [-0.2, -0.15) is 0 Å². The van der Waals surface area contributed by atoms with Crippen LogP contribution in [0.4, 0.5) is 8.78 Å². The molecule has 0 aliphatic carbocycles. The first-order chi connectivity index (χ1) is 8.31. The zero-order valence-electron chi connectivity index (χ0n) is 10.3. The maximum atomic E-state index is 12.8. The summed E-state index contributed by atoms with van der Waals surface area (Å²) >= 11 is 5.93. The van der Waals surface area contributed by atoms with Crippen molar-refractivity contribution in [2.75, 3.05) is 0 Å². The van der Waals surface area contributed by atoms with Gasteiger partial charge in [0.05, 0.1) is 5.54 Å². The van der Waals surface area contributed by atoms with Gasteiger partial charge in [-0.15, -0.1) is 0 Å². The first-order valence-electron chi connectivity index (χ1n) is 5.62. The predicted octanol–water partition coefficient (Wildman–Crippen LogP) is 3.36. The van der Waals surface area contributed by atoms with Crippen LogP contribution in [-0.2, 0) is 13.5 Å². The Morgan fingerprint density at radius 1 is 1.44 bits per heavy atom. The van der Waals surface area contributed by atoms with Gasteiger partial charge in [0.15, 0.2) is 0 Å². The Bertz CT molecular complexity index is 576. The maximum Gasteiger partial charge on any atom is 0.256 e. The summed E-state index contributed by atoms with van der Waals surface area (Å²) in [6.45, 7) is 1.37. The lowest BCUT2D eigenvalue weighted by Crippen LogP contribution is -2.45. The van der Waals surface area contributed by atoms with E-state index in [1.54, 1.807) is 6.07 Å². The fraction of sp³-hybridized carbons (Fsp3) is 0.385. The lowest BCUT2D eigenvalue weighted by molar-refractivity contribution is 0.0641. The van der Waals surface area contributed by atoms with Crippen molar-refractivity contribution < 1.29 is 8.78 Å². The Morgan fingerprint density at radius 2 is 2.11 bits per heavy atom. The quantitative estimate of drug-likeness (QED) is 0.913. The lowest BCUT2D eigenvalue weighted by Gasteiger charge is -2.23. The van der Waals surface area contributed by atoms with Gasteiger partial charge in [-0.3, -0.25) is 0 Å². The Morgan fingerprint density at radius 3 is 2.72 bits per heavy atom. The molecule has 98 valence electrons. The van der Waals surface area contributed by atoms with E-state index in [1.165, 1.54) is 6.92 Å². The summed E-state index contributed by atoms with van der Waals surface area (Å²) in [4.78, 5) is 0. The van der Waals surface area contributed by atoms with Crippen LogP contribution in [0.5, 0.6) is 0 Å². The van der Waals surface area contributed by atoms with Gasteiger partial charge in [0, 0.05) is 29.2 Å². The molecule has 1 aromatic carbocycles. The standard InChI is InChI=1S/C13H15ClF2N2/c1-13(17,12(15)16)6-8-7-18(2)11-5-9(14)3-4-10(8)11/h3-5,7,12H,6,17H2,1-2H3. The van der Waals surface area contributed by atoms with Crippen LogP contribution in [0.3, 0.4) is 0 Å². The number of nitrogens with zero attached hydrogens (tertiary/aromatic N) is 1. The Kier molecular flexibility index (Phi) is 3.34. The number of nitrogens with two attached hydrogens (primary N) is 1. The molecule has 0 saturated carbocycles. The molecule has 0 amide bonds. The fourth-order valence-corrected chi connectivity index (χ4v) is 2.24. The molecule has 2 aromatic rings. The average Bonchev–Trinajstić information content (AvgIpc) is 2.54. The minimum absolute atomic E-state index is 0.129. The van der Waals surface area contributed by atoms with Crippen LogP contribution < -0.4 is 5.73 Å². The zero-order valence-corrected chi connectivity index (χ0v) is 11.0. The lowest BCUT2D eigenvalue weighted by atomic mass is 9.94. The van der Waals surface area contributed by atoms with Gasteiger partial charge in [-0.1, -0.05) is 17.7 Å². The topological polar surface area (TPSA) is 30.9 Å². The third-order valence-electron chi connectivity index (χ3n) is 3.11. The highest BCUT2D eigenvalue weighted by molar-refractivity contribution is 6.31. The molecule has 0 bridgehead atoms. The van der Waals surface area contributed by atoms with Crippen molar-refractivity contribution in [3.05, 3.63) is 35.0 Å². The molecule has 1 atom stereocenters. The zero-order chi connectivity index (χ0) is 13.5. The number of hydrogen-bond acceptors (Lipinski definition) is 1. The summed E-state index contributed by atoms with van der Waals surface area (Å²) in [5.74, 6) is 0. The number of aromatic nitrogens is 1. The van der Waals surface area contributed by atoms with Crippen LogP contribution in [0.15, 0.2) is 24.4 Å². The molecule has 1 unspecified atom stereocenters. The molecule has 2 N–H and O–H groups in total. The largest absolute Gasteiger partial charge is 0.350 e. The van der Waals surface area contributed by atoms with Crippen LogP contribution in [0.25, 0.3) is 10.9 Å². The van der Waals surface area contributed by atoms with Crippen molar-refractivity contribution in [1.82, 2.24) is 4.57 Å². The van der Waals surface area contributed by atoms with Gasteiger partial charge >= 0.3 is 0 Å². The number of alkyl halides is 2. The SMILES string of the molecule is Cn1cc(CC(C)(N)C(F)F)c2ccc(Cl)cc21. The monoisotopic (exact) mass is 272 g/mol. The van der Waals surface area contributed by atoms with Crippen LogP contribution >= 0.6 is 11.6 Å². The highest BCUT2D eigenvalue weighted by Crippen LogP contribution is 2.28. The third-order valence-corrected chi connectivity index (χ3v) is 3.34. The second-order valence-corrected chi connectivity index (χ2v) is 5.35. The Hall–Kier alpha value is -1.13. The first kappa shape index (κ1) is 13.3. The van der Waals surface area contributed by atoms with E-state index >= 15 is 0 Å². The van der Waals surface area contributed by atoms with Gasteiger partial charge in [0.1, 0.15) is 0 Å². The molecule has 0 fully saturated rings. The summed E-state index contributed by atoms with van der Waals surface area (Å²) in [5, 5.41) is 1.54. The van der Waals surface area contributed by atoms with E-state index in [1.807, 2.05) is 29.9 Å². The fourth-order valence-electron chi connectivity index (χ4n) is 2.07.